The first-order valence-corrected chi connectivity index (χ1v) is 7.13. The van der Waals surface area contributed by atoms with Crippen LogP contribution in [-0.2, 0) is 14.1 Å². The Morgan fingerprint density at radius 3 is 2.50 bits per heavy atom. The van der Waals surface area contributed by atoms with Crippen LogP contribution in [0.4, 0.5) is 5.69 Å². The van der Waals surface area contributed by atoms with E-state index in [2.05, 4.69) is 4.98 Å². The first-order valence-electron chi connectivity index (χ1n) is 7.13. The Hall–Kier alpha value is -3.29. The summed E-state index contributed by atoms with van der Waals surface area (Å²) < 4.78 is 2.30. The molecule has 0 aliphatic heterocycles. The van der Waals surface area contributed by atoms with E-state index in [0.717, 1.165) is 4.57 Å². The van der Waals surface area contributed by atoms with Crippen LogP contribution in [-0.4, -0.2) is 19.0 Å². The fourth-order valence-corrected chi connectivity index (χ4v) is 2.70. The van der Waals surface area contributed by atoms with Gasteiger partial charge < -0.3 is 0 Å². The number of nitrogens with zero attached hydrogens (tertiary/aromatic N) is 4. The van der Waals surface area contributed by atoms with Crippen LogP contribution < -0.4 is 11.2 Å². The molecule has 0 aliphatic carbocycles. The summed E-state index contributed by atoms with van der Waals surface area (Å²) in [5.74, 6) is 0. The number of benzene rings is 1. The lowest BCUT2D eigenvalue weighted by atomic mass is 10.0. The average molecular weight is 326 g/mol. The Morgan fingerprint density at radius 2 is 1.83 bits per heavy atom. The van der Waals surface area contributed by atoms with Crippen LogP contribution >= 0.6 is 0 Å². The summed E-state index contributed by atoms with van der Waals surface area (Å²) in [6.45, 7) is 1.74. The number of nitro benzene ring substituents is 1. The maximum Gasteiger partial charge on any atom is 0.332 e. The largest absolute Gasteiger partial charge is 0.332 e. The molecule has 3 rings (SSSR count). The summed E-state index contributed by atoms with van der Waals surface area (Å²) in [7, 11) is 2.93. The van der Waals surface area contributed by atoms with Crippen molar-refractivity contribution in [2.75, 3.05) is 0 Å². The molecule has 0 spiro atoms. The molecular weight excluding hydrogens is 312 g/mol. The number of rotatable bonds is 2. The monoisotopic (exact) mass is 326 g/mol. The third-order valence-electron chi connectivity index (χ3n) is 3.91. The van der Waals surface area contributed by atoms with Crippen LogP contribution in [0.15, 0.2) is 39.9 Å². The number of non-ortho nitro benzene ring substituents is 1. The number of pyridine rings is 1. The van der Waals surface area contributed by atoms with Crippen molar-refractivity contribution in [1.82, 2.24) is 14.1 Å². The number of hydrogen-bond acceptors (Lipinski definition) is 5. The van der Waals surface area contributed by atoms with Crippen molar-refractivity contribution in [2.45, 2.75) is 6.92 Å². The van der Waals surface area contributed by atoms with Crippen molar-refractivity contribution in [1.29, 1.82) is 0 Å². The van der Waals surface area contributed by atoms with Crippen LogP contribution in [0.2, 0.25) is 0 Å². The molecule has 0 amide bonds. The van der Waals surface area contributed by atoms with E-state index in [1.54, 1.807) is 25.1 Å². The Kier molecular flexibility index (Phi) is 3.52. The summed E-state index contributed by atoms with van der Waals surface area (Å²) >= 11 is 0. The maximum atomic E-state index is 12.6. The predicted octanol–water partition coefficient (Wildman–Crippen LogP) is 1.52. The number of fused-ring (bicyclic) bond motifs is 1. The van der Waals surface area contributed by atoms with Crippen molar-refractivity contribution < 1.29 is 4.92 Å². The van der Waals surface area contributed by atoms with Crippen LogP contribution in [0.5, 0.6) is 0 Å². The van der Waals surface area contributed by atoms with Crippen LogP contribution in [0.25, 0.3) is 22.2 Å². The lowest BCUT2D eigenvalue weighted by Gasteiger charge is -2.11. The van der Waals surface area contributed by atoms with E-state index in [1.807, 2.05) is 0 Å². The molecule has 24 heavy (non-hydrogen) atoms. The summed E-state index contributed by atoms with van der Waals surface area (Å²) in [6, 6.07) is 7.72. The third-order valence-corrected chi connectivity index (χ3v) is 3.91. The minimum absolute atomic E-state index is 0.0724. The van der Waals surface area contributed by atoms with E-state index in [9.17, 15) is 19.7 Å². The summed E-state index contributed by atoms with van der Waals surface area (Å²) in [5.41, 5.74) is 0.860. The van der Waals surface area contributed by atoms with Gasteiger partial charge in [0.05, 0.1) is 10.3 Å². The Morgan fingerprint density at radius 1 is 1.12 bits per heavy atom. The van der Waals surface area contributed by atoms with Gasteiger partial charge in [-0.15, -0.1) is 0 Å². The fourth-order valence-electron chi connectivity index (χ4n) is 2.70. The minimum Gasteiger partial charge on any atom is -0.280 e. The third kappa shape index (κ3) is 2.28. The fraction of sp³-hybridized carbons (Fsp3) is 0.188. The molecule has 0 saturated carbocycles. The van der Waals surface area contributed by atoms with Gasteiger partial charge in [0.1, 0.15) is 5.65 Å². The second-order valence-electron chi connectivity index (χ2n) is 5.52. The van der Waals surface area contributed by atoms with Crippen molar-refractivity contribution in [2.24, 2.45) is 14.1 Å². The topological polar surface area (TPSA) is 100 Å². The van der Waals surface area contributed by atoms with Crippen LogP contribution in [0.1, 0.15) is 5.69 Å². The molecular formula is C16H14N4O4. The molecule has 0 atom stereocenters. The molecule has 8 heteroatoms. The predicted molar refractivity (Wildman–Crippen MR) is 89.1 cm³/mol. The maximum absolute atomic E-state index is 12.6. The van der Waals surface area contributed by atoms with Crippen LogP contribution in [0, 0.1) is 17.0 Å². The van der Waals surface area contributed by atoms with Gasteiger partial charge in [-0.3, -0.25) is 24.0 Å². The standard InChI is InChI=1S/C16H14N4O4/c1-9-7-12(10-5-4-6-11(8-10)20(23)24)13-14(17-9)18(2)16(22)19(3)15(13)21/h4-8H,1-3H3. The van der Waals surface area contributed by atoms with E-state index >= 15 is 0 Å². The van der Waals surface area contributed by atoms with Crippen molar-refractivity contribution in [3.63, 3.8) is 0 Å². The molecule has 0 radical (unpaired) electrons. The van der Waals surface area contributed by atoms with Crippen LogP contribution in [0.3, 0.4) is 0 Å². The van der Waals surface area contributed by atoms with E-state index in [4.69, 9.17) is 0 Å². The molecule has 0 aliphatic rings. The molecule has 122 valence electrons. The zero-order valence-electron chi connectivity index (χ0n) is 13.3. The number of nitro groups is 1. The molecule has 2 heterocycles. The Balaban J connectivity index is 2.50. The number of aryl methyl sites for hydroxylation is 2. The normalized spacial score (nSPS) is 11.0. The van der Waals surface area contributed by atoms with E-state index in [0.29, 0.717) is 16.8 Å². The minimum atomic E-state index is -0.492. The van der Waals surface area contributed by atoms with Gasteiger partial charge in [0.2, 0.25) is 0 Å². The van der Waals surface area contributed by atoms with Gasteiger partial charge >= 0.3 is 5.69 Å². The molecule has 1 aromatic carbocycles. The smallest absolute Gasteiger partial charge is 0.280 e. The summed E-state index contributed by atoms with van der Waals surface area (Å²) in [5, 5.41) is 11.3. The van der Waals surface area contributed by atoms with Crippen molar-refractivity contribution in [3.05, 3.63) is 67.0 Å². The molecule has 0 fully saturated rings. The molecule has 0 N–H and O–H groups in total. The highest BCUT2D eigenvalue weighted by Gasteiger charge is 2.17. The first kappa shape index (κ1) is 15.6. The Bertz CT molecular complexity index is 1110. The lowest BCUT2D eigenvalue weighted by Crippen LogP contribution is -2.37. The van der Waals surface area contributed by atoms with E-state index < -0.39 is 16.2 Å². The number of hydrogen-bond donors (Lipinski definition) is 0. The summed E-state index contributed by atoms with van der Waals surface area (Å²) in [4.78, 5) is 39.5. The highest BCUT2D eigenvalue weighted by atomic mass is 16.6. The second kappa shape index (κ2) is 5.41. The quantitative estimate of drug-likeness (QED) is 0.525. The highest BCUT2D eigenvalue weighted by Crippen LogP contribution is 2.28. The van der Waals surface area contributed by atoms with E-state index in [1.165, 1.54) is 30.8 Å². The first-order chi connectivity index (χ1) is 11.3. The van der Waals surface area contributed by atoms with Gasteiger partial charge in [0.15, 0.2) is 0 Å². The van der Waals surface area contributed by atoms with Gasteiger partial charge in [-0.05, 0) is 18.6 Å². The SMILES string of the molecule is Cc1cc(-c2cccc([N+](=O)[O-])c2)c2c(=O)n(C)c(=O)n(C)c2n1. The van der Waals surface area contributed by atoms with Crippen molar-refractivity contribution >= 4 is 16.7 Å². The molecule has 3 aromatic rings. The van der Waals surface area contributed by atoms with Gasteiger partial charge in [-0.25, -0.2) is 9.78 Å². The lowest BCUT2D eigenvalue weighted by molar-refractivity contribution is -0.384. The van der Waals surface area contributed by atoms with Gasteiger partial charge in [0, 0.05) is 37.5 Å². The number of aromatic nitrogens is 3. The molecule has 8 nitrogen and oxygen atoms in total. The molecule has 0 unspecified atom stereocenters. The van der Waals surface area contributed by atoms with Gasteiger partial charge in [-0.2, -0.15) is 0 Å². The second-order valence-corrected chi connectivity index (χ2v) is 5.52. The zero-order chi connectivity index (χ0) is 17.6. The van der Waals surface area contributed by atoms with Crippen molar-refractivity contribution in [3.8, 4) is 11.1 Å². The van der Waals surface area contributed by atoms with E-state index in [-0.39, 0.29) is 16.7 Å². The highest BCUT2D eigenvalue weighted by molar-refractivity contribution is 5.92. The van der Waals surface area contributed by atoms with Gasteiger partial charge in [-0.1, -0.05) is 12.1 Å². The molecule has 2 aromatic heterocycles. The summed E-state index contributed by atoms with van der Waals surface area (Å²) in [6.07, 6.45) is 0. The molecule has 0 saturated heterocycles. The Labute approximate surface area is 135 Å². The molecule has 0 bridgehead atoms. The zero-order valence-corrected chi connectivity index (χ0v) is 13.3. The average Bonchev–Trinajstić information content (AvgIpc) is 2.57. The van der Waals surface area contributed by atoms with Gasteiger partial charge in [0.25, 0.3) is 11.2 Å².